The third kappa shape index (κ3) is 5.60. The summed E-state index contributed by atoms with van der Waals surface area (Å²) in [6.07, 6.45) is 2.51. The number of amides is 1. The number of carbonyl (C=O) groups excluding carboxylic acids is 1. The van der Waals surface area contributed by atoms with Gasteiger partial charge in [0.1, 0.15) is 5.75 Å². The zero-order valence-electron chi connectivity index (χ0n) is 16.4. The van der Waals surface area contributed by atoms with E-state index in [0.29, 0.717) is 15.3 Å². The number of methoxy groups -OCH3 is 1. The van der Waals surface area contributed by atoms with Gasteiger partial charge in [0.25, 0.3) is 0 Å². The molecule has 8 nitrogen and oxygen atoms in total. The van der Waals surface area contributed by atoms with Gasteiger partial charge < -0.3 is 10.1 Å². The molecule has 0 atom stereocenters. The highest BCUT2D eigenvalue weighted by molar-refractivity contribution is 7.99. The van der Waals surface area contributed by atoms with Crippen LogP contribution in [0.4, 0.5) is 5.13 Å². The number of thiazole rings is 1. The molecule has 4 rings (SSSR count). The van der Waals surface area contributed by atoms with Gasteiger partial charge in [-0.05, 0) is 52.4 Å². The predicted octanol–water partition coefficient (Wildman–Crippen LogP) is 4.10. The molecule has 2 aromatic heterocycles. The fourth-order valence-electron chi connectivity index (χ4n) is 2.69. The van der Waals surface area contributed by atoms with E-state index in [1.165, 1.54) is 23.1 Å². The third-order valence-electron chi connectivity index (χ3n) is 4.18. The number of ether oxygens (including phenoxy) is 1. The standard InChI is InChI=1S/C20H17ClN6O2S2/c1-29-16-8-2-13(3-9-16)10-17-11-22-19(31-17)23-18(28)12-30-20-24-25-26-27(20)15-6-4-14(21)5-7-15/h2-9,11H,10,12H2,1H3,(H,22,23,28). The molecule has 4 aromatic rings. The van der Waals surface area contributed by atoms with Crippen LogP contribution in [0.5, 0.6) is 5.75 Å². The molecule has 11 heteroatoms. The average Bonchev–Trinajstić information content (AvgIpc) is 3.43. The van der Waals surface area contributed by atoms with Gasteiger partial charge in [-0.25, -0.2) is 4.98 Å². The fourth-order valence-corrected chi connectivity index (χ4v) is 4.37. The number of anilines is 1. The Morgan fingerprint density at radius 3 is 2.71 bits per heavy atom. The Hall–Kier alpha value is -2.95. The van der Waals surface area contributed by atoms with Crippen LogP contribution in [-0.4, -0.2) is 44.0 Å². The van der Waals surface area contributed by atoms with Crippen LogP contribution >= 0.6 is 34.7 Å². The minimum absolute atomic E-state index is 0.154. The lowest BCUT2D eigenvalue weighted by Gasteiger charge is -2.04. The van der Waals surface area contributed by atoms with Crippen molar-refractivity contribution in [2.24, 2.45) is 0 Å². The van der Waals surface area contributed by atoms with E-state index < -0.39 is 0 Å². The zero-order chi connectivity index (χ0) is 21.6. The lowest BCUT2D eigenvalue weighted by Crippen LogP contribution is -2.14. The van der Waals surface area contributed by atoms with Crippen molar-refractivity contribution in [3.63, 3.8) is 0 Å². The smallest absolute Gasteiger partial charge is 0.236 e. The molecule has 0 unspecified atom stereocenters. The van der Waals surface area contributed by atoms with Crippen LogP contribution in [0.1, 0.15) is 10.4 Å². The highest BCUT2D eigenvalue weighted by Gasteiger charge is 2.13. The molecule has 0 saturated heterocycles. The summed E-state index contributed by atoms with van der Waals surface area (Å²) < 4.78 is 6.74. The van der Waals surface area contributed by atoms with E-state index in [9.17, 15) is 4.79 Å². The van der Waals surface area contributed by atoms with Gasteiger partial charge in [-0.2, -0.15) is 4.68 Å². The molecule has 0 aliphatic carbocycles. The molecular weight excluding hydrogens is 456 g/mol. The highest BCUT2D eigenvalue weighted by atomic mass is 35.5. The first-order chi connectivity index (χ1) is 15.1. The van der Waals surface area contributed by atoms with Crippen LogP contribution < -0.4 is 10.1 Å². The molecule has 0 aliphatic rings. The number of benzene rings is 2. The quantitative estimate of drug-likeness (QED) is 0.386. The molecule has 0 spiro atoms. The molecular formula is C20H17ClN6O2S2. The topological polar surface area (TPSA) is 94.8 Å². The summed E-state index contributed by atoms with van der Waals surface area (Å²) in [6, 6.07) is 15.0. The maximum absolute atomic E-state index is 12.4. The van der Waals surface area contributed by atoms with E-state index in [2.05, 4.69) is 25.8 Å². The summed E-state index contributed by atoms with van der Waals surface area (Å²) in [5.41, 5.74) is 1.91. The van der Waals surface area contributed by atoms with Crippen molar-refractivity contribution in [1.29, 1.82) is 0 Å². The van der Waals surface area contributed by atoms with Crippen molar-refractivity contribution in [2.45, 2.75) is 11.6 Å². The summed E-state index contributed by atoms with van der Waals surface area (Å²) >= 11 is 8.61. The minimum Gasteiger partial charge on any atom is -0.497 e. The van der Waals surface area contributed by atoms with Crippen molar-refractivity contribution < 1.29 is 9.53 Å². The summed E-state index contributed by atoms with van der Waals surface area (Å²) in [5.74, 6) is 0.794. The Morgan fingerprint density at radius 2 is 1.97 bits per heavy atom. The van der Waals surface area contributed by atoms with Gasteiger partial charge >= 0.3 is 0 Å². The highest BCUT2D eigenvalue weighted by Crippen LogP contribution is 2.24. The average molecular weight is 473 g/mol. The van der Waals surface area contributed by atoms with Crippen molar-refractivity contribution in [1.82, 2.24) is 25.2 Å². The maximum Gasteiger partial charge on any atom is 0.236 e. The molecule has 31 heavy (non-hydrogen) atoms. The van der Waals surface area contributed by atoms with Crippen LogP contribution in [0.3, 0.4) is 0 Å². The number of hydrogen-bond donors (Lipinski definition) is 1. The molecule has 0 aliphatic heterocycles. The zero-order valence-corrected chi connectivity index (χ0v) is 18.7. The molecule has 1 N–H and O–H groups in total. The summed E-state index contributed by atoms with van der Waals surface area (Å²) in [5, 5.41) is 16.2. The lowest BCUT2D eigenvalue weighted by molar-refractivity contribution is -0.113. The van der Waals surface area contributed by atoms with Gasteiger partial charge in [0, 0.05) is 22.5 Å². The SMILES string of the molecule is COc1ccc(Cc2cnc(NC(=O)CSc3nnnn3-c3ccc(Cl)cc3)s2)cc1. The largest absolute Gasteiger partial charge is 0.497 e. The summed E-state index contributed by atoms with van der Waals surface area (Å²) in [4.78, 5) is 17.7. The Morgan fingerprint density at radius 1 is 1.19 bits per heavy atom. The number of nitrogens with one attached hydrogen (secondary N) is 1. The molecule has 2 heterocycles. The van der Waals surface area contributed by atoms with Crippen molar-refractivity contribution in [2.75, 3.05) is 18.2 Å². The first-order valence-corrected chi connectivity index (χ1v) is 11.3. The Kier molecular flexibility index (Phi) is 6.80. The fraction of sp³-hybridized carbons (Fsp3) is 0.150. The van der Waals surface area contributed by atoms with E-state index in [0.717, 1.165) is 28.3 Å². The molecule has 0 radical (unpaired) electrons. The van der Waals surface area contributed by atoms with Crippen LogP contribution in [0, 0.1) is 0 Å². The normalized spacial score (nSPS) is 10.8. The minimum atomic E-state index is -0.180. The number of hydrogen-bond acceptors (Lipinski definition) is 8. The molecule has 0 fully saturated rings. The summed E-state index contributed by atoms with van der Waals surface area (Å²) in [7, 11) is 1.64. The van der Waals surface area contributed by atoms with Crippen LogP contribution in [0.25, 0.3) is 5.69 Å². The Bertz CT molecular complexity index is 1160. The predicted molar refractivity (Wildman–Crippen MR) is 121 cm³/mol. The van der Waals surface area contributed by atoms with E-state index >= 15 is 0 Å². The number of nitrogens with zero attached hydrogens (tertiary/aromatic N) is 5. The Balaban J connectivity index is 1.32. The number of halogens is 1. The Labute approximate surface area is 191 Å². The van der Waals surface area contributed by atoms with Crippen LogP contribution in [0.2, 0.25) is 5.02 Å². The first kappa shape index (κ1) is 21.3. The molecule has 158 valence electrons. The van der Waals surface area contributed by atoms with Gasteiger partial charge in [0.05, 0.1) is 18.6 Å². The van der Waals surface area contributed by atoms with Gasteiger partial charge in [0.2, 0.25) is 11.1 Å². The second-order valence-corrected chi connectivity index (χ2v) is 8.84. The van der Waals surface area contributed by atoms with Gasteiger partial charge in [-0.1, -0.05) is 35.5 Å². The molecule has 0 bridgehead atoms. The third-order valence-corrected chi connectivity index (χ3v) is 6.27. The second-order valence-electron chi connectivity index (χ2n) is 6.34. The van der Waals surface area contributed by atoms with E-state index in [1.807, 2.05) is 36.4 Å². The van der Waals surface area contributed by atoms with Gasteiger partial charge in [0.15, 0.2) is 5.13 Å². The van der Waals surface area contributed by atoms with Crippen molar-refractivity contribution in [3.05, 3.63) is 70.2 Å². The maximum atomic E-state index is 12.4. The van der Waals surface area contributed by atoms with Crippen molar-refractivity contribution >= 4 is 45.7 Å². The number of aromatic nitrogens is 5. The number of rotatable bonds is 8. The second kappa shape index (κ2) is 9.90. The first-order valence-electron chi connectivity index (χ1n) is 9.15. The van der Waals surface area contributed by atoms with Crippen molar-refractivity contribution in [3.8, 4) is 11.4 Å². The molecule has 2 aromatic carbocycles. The van der Waals surface area contributed by atoms with E-state index in [4.69, 9.17) is 16.3 Å². The van der Waals surface area contributed by atoms with Crippen LogP contribution in [0.15, 0.2) is 59.9 Å². The molecule has 0 saturated carbocycles. The summed E-state index contributed by atoms with van der Waals surface area (Å²) in [6.45, 7) is 0. The van der Waals surface area contributed by atoms with Crippen LogP contribution in [-0.2, 0) is 11.2 Å². The van der Waals surface area contributed by atoms with E-state index in [1.54, 1.807) is 30.1 Å². The lowest BCUT2D eigenvalue weighted by atomic mass is 10.1. The number of thioether (sulfide) groups is 1. The monoisotopic (exact) mass is 472 g/mol. The van der Waals surface area contributed by atoms with Gasteiger partial charge in [-0.15, -0.1) is 16.4 Å². The van der Waals surface area contributed by atoms with Gasteiger partial charge in [-0.3, -0.25) is 4.79 Å². The molecule has 1 amide bonds. The van der Waals surface area contributed by atoms with E-state index in [-0.39, 0.29) is 11.7 Å². The number of carbonyl (C=O) groups is 1. The number of tetrazole rings is 1.